The average molecular weight is 396 g/mol. The number of carbonyl (C=O) groups is 1. The first-order chi connectivity index (χ1) is 14.7. The number of nitriles is 1. The SMILES string of the molecule is N#Cc1ccc(CCN[C@H](C(=O)Nc2ccc(C3CC3)nc2)c2ccccc2)cc1. The van der Waals surface area contributed by atoms with Gasteiger partial charge in [-0.3, -0.25) is 9.78 Å². The van der Waals surface area contributed by atoms with E-state index in [1.165, 1.54) is 12.8 Å². The van der Waals surface area contributed by atoms with Crippen molar-refractivity contribution in [2.75, 3.05) is 11.9 Å². The summed E-state index contributed by atoms with van der Waals surface area (Å²) >= 11 is 0. The Morgan fingerprint density at radius 2 is 1.83 bits per heavy atom. The molecule has 3 aromatic rings. The molecule has 1 saturated carbocycles. The Hall–Kier alpha value is -3.49. The lowest BCUT2D eigenvalue weighted by atomic mass is 10.0. The maximum atomic E-state index is 13.0. The zero-order valence-electron chi connectivity index (χ0n) is 16.7. The van der Waals surface area contributed by atoms with E-state index in [1.54, 1.807) is 6.20 Å². The fraction of sp³-hybridized carbons (Fsp3) is 0.240. The number of rotatable bonds is 8. The van der Waals surface area contributed by atoms with E-state index >= 15 is 0 Å². The number of amides is 1. The Balaban J connectivity index is 1.41. The Bertz CT molecular complexity index is 1020. The number of nitrogens with one attached hydrogen (secondary N) is 2. The van der Waals surface area contributed by atoms with E-state index in [4.69, 9.17) is 5.26 Å². The second kappa shape index (κ2) is 9.34. The van der Waals surface area contributed by atoms with E-state index in [9.17, 15) is 4.79 Å². The molecule has 1 aromatic heterocycles. The molecule has 0 aliphatic heterocycles. The molecular formula is C25H24N4O. The summed E-state index contributed by atoms with van der Waals surface area (Å²) in [6.45, 7) is 0.637. The number of nitrogens with zero attached hydrogens (tertiary/aromatic N) is 2. The van der Waals surface area contributed by atoms with Crippen molar-refractivity contribution in [3.05, 3.63) is 95.3 Å². The Labute approximate surface area is 176 Å². The summed E-state index contributed by atoms with van der Waals surface area (Å²) < 4.78 is 0. The minimum Gasteiger partial charge on any atom is -0.323 e. The van der Waals surface area contributed by atoms with Crippen molar-refractivity contribution < 1.29 is 4.79 Å². The average Bonchev–Trinajstić information content (AvgIpc) is 3.64. The second-order valence-corrected chi connectivity index (χ2v) is 7.59. The maximum absolute atomic E-state index is 13.0. The zero-order chi connectivity index (χ0) is 20.8. The van der Waals surface area contributed by atoms with Gasteiger partial charge >= 0.3 is 0 Å². The van der Waals surface area contributed by atoms with Gasteiger partial charge in [0.1, 0.15) is 6.04 Å². The van der Waals surface area contributed by atoms with Gasteiger partial charge in [0, 0.05) is 18.2 Å². The number of carbonyl (C=O) groups excluding carboxylic acids is 1. The van der Waals surface area contributed by atoms with Crippen LogP contribution in [-0.2, 0) is 11.2 Å². The molecule has 30 heavy (non-hydrogen) atoms. The fourth-order valence-electron chi connectivity index (χ4n) is 3.43. The molecule has 0 saturated heterocycles. The fourth-order valence-corrected chi connectivity index (χ4v) is 3.43. The third kappa shape index (κ3) is 5.11. The van der Waals surface area contributed by atoms with E-state index < -0.39 is 6.04 Å². The molecule has 1 amide bonds. The van der Waals surface area contributed by atoms with Gasteiger partial charge in [-0.25, -0.2) is 0 Å². The van der Waals surface area contributed by atoms with E-state index in [1.807, 2.05) is 66.7 Å². The predicted molar refractivity (Wildman–Crippen MR) is 117 cm³/mol. The largest absolute Gasteiger partial charge is 0.323 e. The molecule has 0 unspecified atom stereocenters. The van der Waals surface area contributed by atoms with Gasteiger partial charge in [0.15, 0.2) is 0 Å². The van der Waals surface area contributed by atoms with Crippen LogP contribution in [0.3, 0.4) is 0 Å². The summed E-state index contributed by atoms with van der Waals surface area (Å²) in [7, 11) is 0. The molecule has 2 aromatic carbocycles. The van der Waals surface area contributed by atoms with Crippen molar-refractivity contribution in [1.29, 1.82) is 5.26 Å². The van der Waals surface area contributed by atoms with Gasteiger partial charge in [-0.1, -0.05) is 42.5 Å². The first-order valence-electron chi connectivity index (χ1n) is 10.3. The smallest absolute Gasteiger partial charge is 0.246 e. The van der Waals surface area contributed by atoms with Crippen molar-refractivity contribution in [2.24, 2.45) is 0 Å². The first-order valence-corrected chi connectivity index (χ1v) is 10.3. The van der Waals surface area contributed by atoms with Crippen molar-refractivity contribution in [3.8, 4) is 6.07 Å². The second-order valence-electron chi connectivity index (χ2n) is 7.59. The highest BCUT2D eigenvalue weighted by Crippen LogP contribution is 2.38. The van der Waals surface area contributed by atoms with Crippen molar-refractivity contribution in [3.63, 3.8) is 0 Å². The molecule has 1 atom stereocenters. The summed E-state index contributed by atoms with van der Waals surface area (Å²) in [6, 6.07) is 22.8. The van der Waals surface area contributed by atoms with E-state index in [2.05, 4.69) is 21.7 Å². The highest BCUT2D eigenvalue weighted by molar-refractivity contribution is 5.95. The van der Waals surface area contributed by atoms with Crippen LogP contribution >= 0.6 is 0 Å². The summed E-state index contributed by atoms with van der Waals surface area (Å²) in [6.07, 6.45) is 4.92. The van der Waals surface area contributed by atoms with Crippen LogP contribution in [0, 0.1) is 11.3 Å². The Kier molecular flexibility index (Phi) is 6.17. The monoisotopic (exact) mass is 396 g/mol. The van der Waals surface area contributed by atoms with Crippen LogP contribution in [0.15, 0.2) is 72.9 Å². The van der Waals surface area contributed by atoms with Crippen molar-refractivity contribution >= 4 is 11.6 Å². The van der Waals surface area contributed by atoms with Crippen molar-refractivity contribution in [1.82, 2.24) is 10.3 Å². The van der Waals surface area contributed by atoms with E-state index in [-0.39, 0.29) is 5.91 Å². The van der Waals surface area contributed by atoms with Crippen LogP contribution in [0.5, 0.6) is 0 Å². The topological polar surface area (TPSA) is 77.8 Å². The molecule has 1 aliphatic rings. The van der Waals surface area contributed by atoms with Crippen LogP contribution in [0.2, 0.25) is 0 Å². The molecule has 1 fully saturated rings. The van der Waals surface area contributed by atoms with Crippen LogP contribution in [0.25, 0.3) is 0 Å². The lowest BCUT2D eigenvalue weighted by Gasteiger charge is -2.19. The zero-order valence-corrected chi connectivity index (χ0v) is 16.7. The summed E-state index contributed by atoms with van der Waals surface area (Å²) in [4.78, 5) is 17.5. The lowest BCUT2D eigenvalue weighted by Crippen LogP contribution is -2.34. The molecule has 5 nitrogen and oxygen atoms in total. The van der Waals surface area contributed by atoms with Crippen LogP contribution < -0.4 is 10.6 Å². The summed E-state index contributed by atoms with van der Waals surface area (Å²) in [5, 5.41) is 15.3. The van der Waals surface area contributed by atoms with Gasteiger partial charge in [-0.05, 0) is 54.7 Å². The standard InChI is InChI=1S/C25H24N4O/c26-16-19-8-6-18(7-9-19)14-15-27-24(21-4-2-1-3-5-21)25(30)29-22-12-13-23(28-17-22)20-10-11-20/h1-9,12-13,17,20,24,27H,10-11,14-15H2,(H,29,30)/t24-/m0/s1. The van der Waals surface area contributed by atoms with Gasteiger partial charge < -0.3 is 10.6 Å². The Morgan fingerprint density at radius 1 is 1.07 bits per heavy atom. The first kappa shape index (κ1) is 19.8. The third-order valence-corrected chi connectivity index (χ3v) is 5.29. The molecule has 1 heterocycles. The lowest BCUT2D eigenvalue weighted by molar-refractivity contribution is -0.118. The van der Waals surface area contributed by atoms with Gasteiger partial charge in [-0.2, -0.15) is 5.26 Å². The molecule has 1 aliphatic carbocycles. The van der Waals surface area contributed by atoms with E-state index in [0.29, 0.717) is 23.7 Å². The van der Waals surface area contributed by atoms with Gasteiger partial charge in [0.25, 0.3) is 0 Å². The minimum atomic E-state index is -0.465. The highest BCUT2D eigenvalue weighted by Gasteiger charge is 2.25. The Morgan fingerprint density at radius 3 is 2.47 bits per heavy atom. The minimum absolute atomic E-state index is 0.109. The predicted octanol–water partition coefficient (Wildman–Crippen LogP) is 4.34. The number of pyridine rings is 1. The molecule has 0 radical (unpaired) electrons. The molecule has 4 rings (SSSR count). The molecule has 2 N–H and O–H groups in total. The number of aromatic nitrogens is 1. The molecule has 5 heteroatoms. The third-order valence-electron chi connectivity index (χ3n) is 5.29. The van der Waals surface area contributed by atoms with Crippen LogP contribution in [0.1, 0.15) is 47.2 Å². The maximum Gasteiger partial charge on any atom is 0.246 e. The highest BCUT2D eigenvalue weighted by atomic mass is 16.2. The van der Waals surface area contributed by atoms with Gasteiger partial charge in [-0.15, -0.1) is 0 Å². The number of hydrogen-bond donors (Lipinski definition) is 2. The van der Waals surface area contributed by atoms with Crippen molar-refractivity contribution in [2.45, 2.75) is 31.2 Å². The summed E-state index contributed by atoms with van der Waals surface area (Å²) in [5.74, 6) is 0.484. The summed E-state index contributed by atoms with van der Waals surface area (Å²) in [5.41, 5.74) is 4.49. The van der Waals surface area contributed by atoms with E-state index in [0.717, 1.165) is 23.2 Å². The van der Waals surface area contributed by atoms with Crippen LogP contribution in [-0.4, -0.2) is 17.4 Å². The molecule has 150 valence electrons. The number of anilines is 1. The number of benzene rings is 2. The van der Waals surface area contributed by atoms with Gasteiger partial charge in [0.2, 0.25) is 5.91 Å². The molecule has 0 bridgehead atoms. The molecule has 0 spiro atoms. The van der Waals surface area contributed by atoms with Crippen LogP contribution in [0.4, 0.5) is 5.69 Å². The normalized spacial score (nSPS) is 14.0. The molecular weight excluding hydrogens is 372 g/mol. The van der Waals surface area contributed by atoms with Gasteiger partial charge in [0.05, 0.1) is 23.5 Å². The quantitative estimate of drug-likeness (QED) is 0.594. The number of hydrogen-bond acceptors (Lipinski definition) is 4.